The van der Waals surface area contributed by atoms with E-state index in [1.807, 2.05) is 13.8 Å². The van der Waals surface area contributed by atoms with Crippen molar-refractivity contribution in [3.8, 4) is 0 Å². The van der Waals surface area contributed by atoms with Crippen LogP contribution in [0, 0.1) is 13.8 Å². The number of aromatic amines is 1. The van der Waals surface area contributed by atoms with E-state index >= 15 is 0 Å². The van der Waals surface area contributed by atoms with Crippen LogP contribution in [0.1, 0.15) is 59.6 Å². The third kappa shape index (κ3) is 4.44. The number of fused-ring (bicyclic) bond motifs is 1. The number of H-pyrrole nitrogens is 1. The number of hydrogen-bond acceptors (Lipinski definition) is 5. The molecule has 6 heteroatoms. The molecule has 5 nitrogen and oxygen atoms in total. The van der Waals surface area contributed by atoms with Crippen molar-refractivity contribution >= 4 is 21.6 Å². The molecule has 1 aromatic carbocycles. The Kier molecular flexibility index (Phi) is 6.13. The predicted octanol–water partition coefficient (Wildman–Crippen LogP) is 4.44. The van der Waals surface area contributed by atoms with Gasteiger partial charge in [0.25, 0.3) is 5.56 Å². The summed E-state index contributed by atoms with van der Waals surface area (Å²) >= 11 is 1.60. The normalized spacial score (nSPS) is 16.4. The lowest BCUT2D eigenvalue weighted by Gasteiger charge is -2.27. The standard InChI is InChI=1S/C23H30N4OS/c1-15-17(3)29-23-20(15)22(28)25-21(26-23)16(2)24-13-18-9-5-6-10-19(18)14-27-11-7-4-8-12-27/h5-6,9-10,16,24H,4,7-8,11-14H2,1-3H3,(H,25,26,28). The molecular formula is C23H30N4OS. The summed E-state index contributed by atoms with van der Waals surface area (Å²) in [6, 6.07) is 8.63. The van der Waals surface area contributed by atoms with Crippen molar-refractivity contribution in [3.05, 3.63) is 62.0 Å². The van der Waals surface area contributed by atoms with Crippen LogP contribution in [0.15, 0.2) is 29.1 Å². The van der Waals surface area contributed by atoms with Crippen molar-refractivity contribution in [3.63, 3.8) is 0 Å². The van der Waals surface area contributed by atoms with Gasteiger partial charge in [-0.05, 0) is 63.4 Å². The van der Waals surface area contributed by atoms with Crippen molar-refractivity contribution in [1.29, 1.82) is 0 Å². The maximum Gasteiger partial charge on any atom is 0.259 e. The van der Waals surface area contributed by atoms with Crippen molar-refractivity contribution in [2.24, 2.45) is 0 Å². The average Bonchev–Trinajstić information content (AvgIpc) is 3.02. The molecular weight excluding hydrogens is 380 g/mol. The number of rotatable bonds is 6. The van der Waals surface area contributed by atoms with E-state index in [0.29, 0.717) is 5.82 Å². The summed E-state index contributed by atoms with van der Waals surface area (Å²) in [5.74, 6) is 0.706. The molecule has 4 rings (SSSR count). The van der Waals surface area contributed by atoms with Gasteiger partial charge in [0, 0.05) is 18.0 Å². The summed E-state index contributed by atoms with van der Waals surface area (Å²) in [5.41, 5.74) is 3.70. The summed E-state index contributed by atoms with van der Waals surface area (Å²) in [4.78, 5) is 24.8. The zero-order valence-electron chi connectivity index (χ0n) is 17.5. The highest BCUT2D eigenvalue weighted by atomic mass is 32.1. The van der Waals surface area contributed by atoms with E-state index in [0.717, 1.165) is 33.7 Å². The van der Waals surface area contributed by atoms with Gasteiger partial charge in [0.1, 0.15) is 10.7 Å². The number of nitrogens with zero attached hydrogens (tertiary/aromatic N) is 2. The highest BCUT2D eigenvalue weighted by Gasteiger charge is 2.16. The Bertz CT molecular complexity index is 1050. The Morgan fingerprint density at radius 3 is 2.66 bits per heavy atom. The number of aryl methyl sites for hydroxylation is 2. The van der Waals surface area contributed by atoms with Gasteiger partial charge in [-0.2, -0.15) is 0 Å². The smallest absolute Gasteiger partial charge is 0.259 e. The number of likely N-dealkylation sites (tertiary alicyclic amines) is 1. The third-order valence-electron chi connectivity index (χ3n) is 6.03. The summed E-state index contributed by atoms with van der Waals surface area (Å²) in [7, 11) is 0. The Balaban J connectivity index is 1.48. The van der Waals surface area contributed by atoms with Gasteiger partial charge in [-0.3, -0.25) is 9.69 Å². The molecule has 3 aromatic rings. The van der Waals surface area contributed by atoms with E-state index < -0.39 is 0 Å². The average molecular weight is 411 g/mol. The second-order valence-electron chi connectivity index (χ2n) is 8.12. The summed E-state index contributed by atoms with van der Waals surface area (Å²) in [6.45, 7) is 10.3. The lowest BCUT2D eigenvalue weighted by molar-refractivity contribution is 0.220. The zero-order valence-corrected chi connectivity index (χ0v) is 18.4. The molecule has 1 atom stereocenters. The lowest BCUT2D eigenvalue weighted by atomic mass is 10.0. The minimum absolute atomic E-state index is 0.0298. The number of hydrogen-bond donors (Lipinski definition) is 2. The second kappa shape index (κ2) is 8.78. The molecule has 1 aliphatic rings. The fourth-order valence-electron chi connectivity index (χ4n) is 4.08. The van der Waals surface area contributed by atoms with E-state index in [4.69, 9.17) is 4.98 Å². The predicted molar refractivity (Wildman–Crippen MR) is 121 cm³/mol. The quantitative estimate of drug-likeness (QED) is 0.631. The van der Waals surface area contributed by atoms with Gasteiger partial charge in [-0.15, -0.1) is 11.3 Å². The number of piperidine rings is 1. The second-order valence-corrected chi connectivity index (χ2v) is 9.33. The van der Waals surface area contributed by atoms with E-state index in [1.165, 1.54) is 43.5 Å². The molecule has 0 bridgehead atoms. The number of nitrogens with one attached hydrogen (secondary N) is 2. The topological polar surface area (TPSA) is 61.0 Å². The third-order valence-corrected chi connectivity index (χ3v) is 7.13. The van der Waals surface area contributed by atoms with Crippen LogP contribution in [0.2, 0.25) is 0 Å². The first kappa shape index (κ1) is 20.3. The highest BCUT2D eigenvalue weighted by molar-refractivity contribution is 7.18. The number of benzene rings is 1. The van der Waals surface area contributed by atoms with Crippen LogP contribution in [0.4, 0.5) is 0 Å². The molecule has 0 radical (unpaired) electrons. The van der Waals surface area contributed by atoms with Gasteiger partial charge < -0.3 is 10.3 Å². The molecule has 1 saturated heterocycles. The van der Waals surface area contributed by atoms with Crippen LogP contribution < -0.4 is 10.9 Å². The van der Waals surface area contributed by atoms with Gasteiger partial charge in [0.2, 0.25) is 0 Å². The van der Waals surface area contributed by atoms with E-state index in [2.05, 4.69) is 46.4 Å². The molecule has 2 N–H and O–H groups in total. The Labute approximate surface area is 176 Å². The molecule has 2 aromatic heterocycles. The van der Waals surface area contributed by atoms with E-state index in [1.54, 1.807) is 11.3 Å². The van der Waals surface area contributed by atoms with Gasteiger partial charge in [0.15, 0.2) is 0 Å². The maximum absolute atomic E-state index is 12.6. The summed E-state index contributed by atoms with van der Waals surface area (Å²) in [6.07, 6.45) is 3.97. The van der Waals surface area contributed by atoms with Crippen molar-refractivity contribution in [2.45, 2.75) is 59.2 Å². The molecule has 3 heterocycles. The summed E-state index contributed by atoms with van der Waals surface area (Å²) in [5, 5.41) is 4.29. The van der Waals surface area contributed by atoms with Crippen LogP contribution in [0.25, 0.3) is 10.2 Å². The number of aromatic nitrogens is 2. The maximum atomic E-state index is 12.6. The van der Waals surface area contributed by atoms with Crippen molar-refractivity contribution in [1.82, 2.24) is 20.2 Å². The molecule has 0 amide bonds. The summed E-state index contributed by atoms with van der Waals surface area (Å²) < 4.78 is 0. The van der Waals surface area contributed by atoms with Crippen LogP contribution in [0.3, 0.4) is 0 Å². The number of thiophene rings is 1. The van der Waals surface area contributed by atoms with Gasteiger partial charge >= 0.3 is 0 Å². The molecule has 0 aliphatic carbocycles. The largest absolute Gasteiger partial charge is 0.309 e. The molecule has 154 valence electrons. The molecule has 1 fully saturated rings. The fraction of sp³-hybridized carbons (Fsp3) is 0.478. The van der Waals surface area contributed by atoms with Crippen LogP contribution >= 0.6 is 11.3 Å². The van der Waals surface area contributed by atoms with E-state index in [-0.39, 0.29) is 11.6 Å². The minimum Gasteiger partial charge on any atom is -0.309 e. The zero-order chi connectivity index (χ0) is 20.4. The molecule has 0 spiro atoms. The first-order valence-corrected chi connectivity index (χ1v) is 11.4. The molecule has 1 unspecified atom stereocenters. The highest BCUT2D eigenvalue weighted by Crippen LogP contribution is 2.26. The van der Waals surface area contributed by atoms with Gasteiger partial charge in [0.05, 0.1) is 11.4 Å². The van der Waals surface area contributed by atoms with Crippen LogP contribution in [0.5, 0.6) is 0 Å². The van der Waals surface area contributed by atoms with Crippen LogP contribution in [-0.2, 0) is 13.1 Å². The Hall–Kier alpha value is -2.02. The lowest BCUT2D eigenvalue weighted by Crippen LogP contribution is -2.30. The molecule has 1 aliphatic heterocycles. The Morgan fingerprint density at radius 2 is 1.90 bits per heavy atom. The SMILES string of the molecule is Cc1sc2nc(C(C)NCc3ccccc3CN3CCCCC3)[nH]c(=O)c2c1C. The van der Waals surface area contributed by atoms with Gasteiger partial charge in [-0.1, -0.05) is 30.7 Å². The Morgan fingerprint density at radius 1 is 1.17 bits per heavy atom. The first-order valence-electron chi connectivity index (χ1n) is 10.6. The monoisotopic (exact) mass is 410 g/mol. The van der Waals surface area contributed by atoms with E-state index in [9.17, 15) is 4.79 Å². The van der Waals surface area contributed by atoms with Crippen molar-refractivity contribution < 1.29 is 0 Å². The molecule has 29 heavy (non-hydrogen) atoms. The fourth-order valence-corrected chi connectivity index (χ4v) is 5.12. The molecule has 0 saturated carbocycles. The van der Waals surface area contributed by atoms with Crippen LogP contribution in [-0.4, -0.2) is 28.0 Å². The minimum atomic E-state index is -0.0361. The van der Waals surface area contributed by atoms with Crippen molar-refractivity contribution in [2.75, 3.05) is 13.1 Å². The first-order chi connectivity index (χ1) is 14.0. The van der Waals surface area contributed by atoms with Gasteiger partial charge in [-0.25, -0.2) is 4.98 Å².